The lowest BCUT2D eigenvalue weighted by molar-refractivity contribution is 0.153. The first-order valence-corrected chi connectivity index (χ1v) is 8.66. The molecule has 1 aromatic rings. The molecule has 2 heterocycles. The molecular formula is C16H29N3S. The topological polar surface area (TPSA) is 32.5 Å². The Labute approximate surface area is 127 Å². The zero-order valence-corrected chi connectivity index (χ0v) is 14.1. The molecule has 1 aromatic heterocycles. The van der Waals surface area contributed by atoms with Crippen LogP contribution >= 0.6 is 11.3 Å². The highest BCUT2D eigenvalue weighted by atomic mass is 32.1. The second kappa shape index (κ2) is 7.03. The number of aryl methyl sites for hydroxylation is 1. The number of likely N-dealkylation sites (tertiary alicyclic amines) is 1. The van der Waals surface area contributed by atoms with Gasteiger partial charge in [-0.15, -0.1) is 11.3 Å². The van der Waals surface area contributed by atoms with Crippen LogP contribution in [-0.4, -0.2) is 48.6 Å². The van der Waals surface area contributed by atoms with E-state index in [0.29, 0.717) is 12.1 Å². The zero-order chi connectivity index (χ0) is 14.7. The highest BCUT2D eigenvalue weighted by Crippen LogP contribution is 2.31. The van der Waals surface area contributed by atoms with Crippen molar-refractivity contribution in [2.75, 3.05) is 26.7 Å². The molecule has 2 rings (SSSR count). The number of thiophene rings is 1. The van der Waals surface area contributed by atoms with Crippen molar-refractivity contribution in [3.63, 3.8) is 0 Å². The Balaban J connectivity index is 2.08. The molecule has 1 fully saturated rings. The molecule has 0 aliphatic carbocycles. The van der Waals surface area contributed by atoms with Crippen molar-refractivity contribution in [2.24, 2.45) is 5.73 Å². The molecule has 114 valence electrons. The van der Waals surface area contributed by atoms with Crippen LogP contribution in [0.1, 0.15) is 43.2 Å². The van der Waals surface area contributed by atoms with Crippen LogP contribution in [0, 0.1) is 6.92 Å². The van der Waals surface area contributed by atoms with Crippen LogP contribution in [0.25, 0.3) is 0 Å². The van der Waals surface area contributed by atoms with E-state index in [1.54, 1.807) is 0 Å². The Hall–Kier alpha value is -0.420. The maximum absolute atomic E-state index is 6.29. The Morgan fingerprint density at radius 1 is 1.55 bits per heavy atom. The smallest absolute Gasteiger partial charge is 0.0591 e. The van der Waals surface area contributed by atoms with Crippen LogP contribution in [0.4, 0.5) is 0 Å². The van der Waals surface area contributed by atoms with Crippen LogP contribution in [0.3, 0.4) is 0 Å². The summed E-state index contributed by atoms with van der Waals surface area (Å²) in [6.07, 6.45) is 2.67. The van der Waals surface area contributed by atoms with Gasteiger partial charge in [-0.05, 0) is 63.8 Å². The molecule has 0 spiro atoms. The lowest BCUT2D eigenvalue weighted by Gasteiger charge is -2.35. The van der Waals surface area contributed by atoms with Crippen molar-refractivity contribution >= 4 is 11.3 Å². The largest absolute Gasteiger partial charge is 0.326 e. The van der Waals surface area contributed by atoms with Gasteiger partial charge in [0.2, 0.25) is 0 Å². The average molecular weight is 295 g/mol. The summed E-state index contributed by atoms with van der Waals surface area (Å²) in [5, 5.41) is 2.18. The number of rotatable bonds is 6. The van der Waals surface area contributed by atoms with Crippen LogP contribution in [0.5, 0.6) is 0 Å². The molecule has 20 heavy (non-hydrogen) atoms. The fourth-order valence-electron chi connectivity index (χ4n) is 3.49. The molecule has 3 unspecified atom stereocenters. The van der Waals surface area contributed by atoms with E-state index < -0.39 is 0 Å². The monoisotopic (exact) mass is 295 g/mol. The van der Waals surface area contributed by atoms with E-state index >= 15 is 0 Å². The highest BCUT2D eigenvalue weighted by Gasteiger charge is 2.29. The van der Waals surface area contributed by atoms with Gasteiger partial charge >= 0.3 is 0 Å². The molecule has 1 aliphatic heterocycles. The van der Waals surface area contributed by atoms with Gasteiger partial charge in [-0.25, -0.2) is 0 Å². The van der Waals surface area contributed by atoms with Gasteiger partial charge in [0.05, 0.1) is 6.04 Å². The summed E-state index contributed by atoms with van der Waals surface area (Å²) >= 11 is 1.84. The molecule has 0 bridgehead atoms. The van der Waals surface area contributed by atoms with E-state index in [2.05, 4.69) is 49.1 Å². The van der Waals surface area contributed by atoms with Gasteiger partial charge in [-0.3, -0.25) is 9.80 Å². The third kappa shape index (κ3) is 3.42. The summed E-state index contributed by atoms with van der Waals surface area (Å²) in [4.78, 5) is 6.52. The average Bonchev–Trinajstić information content (AvgIpc) is 2.99. The third-order valence-electron chi connectivity index (χ3n) is 4.55. The van der Waals surface area contributed by atoms with Crippen molar-refractivity contribution in [1.29, 1.82) is 0 Å². The fraction of sp³-hybridized carbons (Fsp3) is 0.750. The second-order valence-corrected chi connectivity index (χ2v) is 7.08. The third-order valence-corrected chi connectivity index (χ3v) is 5.64. The van der Waals surface area contributed by atoms with E-state index in [-0.39, 0.29) is 6.04 Å². The molecule has 0 radical (unpaired) electrons. The maximum atomic E-state index is 6.29. The van der Waals surface area contributed by atoms with Gasteiger partial charge < -0.3 is 5.73 Å². The molecule has 4 heteroatoms. The van der Waals surface area contributed by atoms with E-state index in [4.69, 9.17) is 5.73 Å². The maximum Gasteiger partial charge on any atom is 0.0591 e. The molecule has 0 saturated carbocycles. The molecule has 1 aliphatic rings. The molecular weight excluding hydrogens is 266 g/mol. The number of nitrogens with zero attached hydrogens (tertiary/aromatic N) is 2. The number of likely N-dealkylation sites (N-methyl/N-ethyl adjacent to an activating group) is 2. The van der Waals surface area contributed by atoms with E-state index in [1.165, 1.54) is 36.4 Å². The summed E-state index contributed by atoms with van der Waals surface area (Å²) in [6, 6.07) is 3.41. The SMILES string of the molecule is CCN1CCCC1CN(C)C(c1sccc1C)C(C)N. The van der Waals surface area contributed by atoms with E-state index in [1.807, 2.05) is 11.3 Å². The Kier molecular flexibility index (Phi) is 5.61. The molecule has 2 N–H and O–H groups in total. The molecule has 3 atom stereocenters. The van der Waals surface area contributed by atoms with Gasteiger partial charge in [0.15, 0.2) is 0 Å². The molecule has 1 saturated heterocycles. The van der Waals surface area contributed by atoms with E-state index in [0.717, 1.165) is 6.54 Å². The van der Waals surface area contributed by atoms with Crippen LogP contribution in [-0.2, 0) is 0 Å². The Morgan fingerprint density at radius 2 is 2.30 bits per heavy atom. The number of nitrogens with two attached hydrogens (primary N) is 1. The quantitative estimate of drug-likeness (QED) is 0.876. The van der Waals surface area contributed by atoms with Gasteiger partial charge in [0.1, 0.15) is 0 Å². The first kappa shape index (κ1) is 16.0. The fourth-order valence-corrected chi connectivity index (χ4v) is 4.70. The lowest BCUT2D eigenvalue weighted by atomic mass is 10.0. The van der Waals surface area contributed by atoms with Crippen LogP contribution < -0.4 is 5.73 Å². The standard InChI is InChI=1S/C16H29N3S/c1-5-19-9-6-7-14(19)11-18(4)15(13(3)17)16-12(2)8-10-20-16/h8,10,13-15H,5-7,9,11,17H2,1-4H3. The Morgan fingerprint density at radius 3 is 2.85 bits per heavy atom. The van der Waals surface area contributed by atoms with Gasteiger partial charge in [-0.2, -0.15) is 0 Å². The predicted octanol–water partition coefficient (Wildman–Crippen LogP) is 2.86. The van der Waals surface area contributed by atoms with Crippen LogP contribution in [0.2, 0.25) is 0 Å². The second-order valence-electron chi connectivity index (χ2n) is 6.14. The van der Waals surface area contributed by atoms with E-state index in [9.17, 15) is 0 Å². The summed E-state index contributed by atoms with van der Waals surface area (Å²) in [5.41, 5.74) is 7.67. The summed E-state index contributed by atoms with van der Waals surface area (Å²) < 4.78 is 0. The predicted molar refractivity (Wildman–Crippen MR) is 88.3 cm³/mol. The summed E-state index contributed by atoms with van der Waals surface area (Å²) in [6.45, 7) is 10.1. The van der Waals surface area contributed by atoms with Crippen LogP contribution in [0.15, 0.2) is 11.4 Å². The molecule has 3 nitrogen and oxygen atoms in total. The first-order chi connectivity index (χ1) is 9.54. The molecule has 0 amide bonds. The van der Waals surface area contributed by atoms with Gasteiger partial charge in [0.25, 0.3) is 0 Å². The Bertz CT molecular complexity index is 416. The minimum atomic E-state index is 0.161. The minimum absolute atomic E-state index is 0.161. The van der Waals surface area contributed by atoms with Crippen molar-refractivity contribution in [3.8, 4) is 0 Å². The minimum Gasteiger partial charge on any atom is -0.326 e. The number of hydrogen-bond acceptors (Lipinski definition) is 4. The summed E-state index contributed by atoms with van der Waals surface area (Å²) in [7, 11) is 2.24. The van der Waals surface area contributed by atoms with Gasteiger partial charge in [-0.1, -0.05) is 6.92 Å². The van der Waals surface area contributed by atoms with Crippen molar-refractivity contribution < 1.29 is 0 Å². The normalized spacial score (nSPS) is 23.4. The van der Waals surface area contributed by atoms with Crippen molar-refractivity contribution in [2.45, 2.75) is 51.7 Å². The van der Waals surface area contributed by atoms with Crippen molar-refractivity contribution in [3.05, 3.63) is 21.9 Å². The highest BCUT2D eigenvalue weighted by molar-refractivity contribution is 7.10. The van der Waals surface area contributed by atoms with Gasteiger partial charge in [0, 0.05) is 23.5 Å². The lowest BCUT2D eigenvalue weighted by Crippen LogP contribution is -2.44. The zero-order valence-electron chi connectivity index (χ0n) is 13.3. The van der Waals surface area contributed by atoms with Crippen molar-refractivity contribution in [1.82, 2.24) is 9.80 Å². The molecule has 0 aromatic carbocycles. The number of hydrogen-bond donors (Lipinski definition) is 1. The first-order valence-electron chi connectivity index (χ1n) is 7.78. The summed E-state index contributed by atoms with van der Waals surface area (Å²) in [5.74, 6) is 0.